The second kappa shape index (κ2) is 5.75. The number of piperazine rings is 1. The van der Waals surface area contributed by atoms with Crippen LogP contribution in [0.4, 0.5) is 24.0 Å². The van der Waals surface area contributed by atoms with Crippen LogP contribution in [-0.2, 0) is 6.18 Å². The molecule has 118 valence electrons. The molecule has 0 saturated carbocycles. The molecule has 0 spiro atoms. The number of pyridine rings is 1. The molecule has 1 fully saturated rings. The van der Waals surface area contributed by atoms with Crippen molar-refractivity contribution < 1.29 is 13.2 Å². The van der Waals surface area contributed by atoms with Crippen molar-refractivity contribution in [3.05, 3.63) is 35.1 Å². The minimum absolute atomic E-state index is 0.440. The number of thiazole rings is 1. The van der Waals surface area contributed by atoms with Crippen LogP contribution < -0.4 is 9.80 Å². The molecule has 0 atom stereocenters. The average Bonchev–Trinajstić information content (AvgIpc) is 2.98. The van der Waals surface area contributed by atoms with Gasteiger partial charge in [0.1, 0.15) is 4.88 Å². The van der Waals surface area contributed by atoms with Crippen LogP contribution in [0, 0.1) is 6.92 Å². The van der Waals surface area contributed by atoms with Crippen LogP contribution >= 0.6 is 11.3 Å². The molecule has 0 unspecified atom stereocenters. The van der Waals surface area contributed by atoms with E-state index >= 15 is 0 Å². The number of nitrogens with zero attached hydrogens (tertiary/aromatic N) is 4. The Kier molecular flexibility index (Phi) is 3.94. The van der Waals surface area contributed by atoms with Crippen LogP contribution in [0.2, 0.25) is 0 Å². The average molecular weight is 328 g/mol. The summed E-state index contributed by atoms with van der Waals surface area (Å²) in [7, 11) is 0. The quantitative estimate of drug-likeness (QED) is 0.847. The summed E-state index contributed by atoms with van der Waals surface area (Å²) in [5, 5.41) is 0.440. The van der Waals surface area contributed by atoms with Crippen molar-refractivity contribution in [2.75, 3.05) is 36.0 Å². The lowest BCUT2D eigenvalue weighted by Gasteiger charge is -2.36. The van der Waals surface area contributed by atoms with E-state index < -0.39 is 11.1 Å². The van der Waals surface area contributed by atoms with Gasteiger partial charge in [-0.25, -0.2) is 4.98 Å². The van der Waals surface area contributed by atoms with Gasteiger partial charge < -0.3 is 9.80 Å². The number of halogens is 3. The fraction of sp³-hybridized carbons (Fsp3) is 0.429. The van der Waals surface area contributed by atoms with E-state index in [4.69, 9.17) is 0 Å². The fourth-order valence-electron chi connectivity index (χ4n) is 2.47. The third-order valence-electron chi connectivity index (χ3n) is 3.68. The molecule has 0 bridgehead atoms. The molecule has 3 heterocycles. The molecule has 0 aromatic carbocycles. The highest BCUT2D eigenvalue weighted by Crippen LogP contribution is 2.36. The zero-order valence-corrected chi connectivity index (χ0v) is 12.8. The first-order valence-electron chi connectivity index (χ1n) is 6.88. The Hall–Kier alpha value is -1.83. The summed E-state index contributed by atoms with van der Waals surface area (Å²) in [6.45, 7) is 4.82. The highest BCUT2D eigenvalue weighted by Gasteiger charge is 2.34. The van der Waals surface area contributed by atoms with Crippen LogP contribution in [0.15, 0.2) is 24.7 Å². The van der Waals surface area contributed by atoms with Gasteiger partial charge >= 0.3 is 6.18 Å². The molecule has 4 nitrogen and oxygen atoms in total. The lowest BCUT2D eigenvalue weighted by molar-refractivity contribution is -0.134. The second-order valence-electron chi connectivity index (χ2n) is 5.14. The summed E-state index contributed by atoms with van der Waals surface area (Å²) < 4.78 is 37.9. The van der Waals surface area contributed by atoms with Gasteiger partial charge in [0, 0.05) is 32.4 Å². The number of alkyl halides is 3. The van der Waals surface area contributed by atoms with Crippen LogP contribution in [-0.4, -0.2) is 36.1 Å². The summed E-state index contributed by atoms with van der Waals surface area (Å²) in [4.78, 5) is 11.5. The molecule has 3 rings (SSSR count). The summed E-state index contributed by atoms with van der Waals surface area (Å²) in [6.07, 6.45) is 0.182. The number of rotatable bonds is 2. The van der Waals surface area contributed by atoms with Gasteiger partial charge in [-0.15, -0.1) is 0 Å². The highest BCUT2D eigenvalue weighted by atomic mass is 32.1. The Balaban J connectivity index is 1.67. The SMILES string of the molecule is Cc1ccncc1N1CCN(c2ncc(C(F)(F)F)s2)CC1. The van der Waals surface area contributed by atoms with Gasteiger partial charge in [-0.05, 0) is 18.6 Å². The molecule has 1 saturated heterocycles. The lowest BCUT2D eigenvalue weighted by Crippen LogP contribution is -2.46. The first-order valence-corrected chi connectivity index (χ1v) is 7.70. The summed E-state index contributed by atoms with van der Waals surface area (Å²) in [5.74, 6) is 0. The zero-order valence-electron chi connectivity index (χ0n) is 12.0. The summed E-state index contributed by atoms with van der Waals surface area (Å²) in [5.41, 5.74) is 2.23. The van der Waals surface area contributed by atoms with E-state index in [1.165, 1.54) is 0 Å². The minimum Gasteiger partial charge on any atom is -0.367 e. The third kappa shape index (κ3) is 3.01. The van der Waals surface area contributed by atoms with Crippen molar-refractivity contribution in [3.8, 4) is 0 Å². The largest absolute Gasteiger partial charge is 0.427 e. The van der Waals surface area contributed by atoms with Gasteiger partial charge in [0.15, 0.2) is 5.13 Å². The topological polar surface area (TPSA) is 32.3 Å². The normalized spacial score (nSPS) is 16.2. The van der Waals surface area contributed by atoms with Gasteiger partial charge in [-0.3, -0.25) is 4.98 Å². The first-order chi connectivity index (χ1) is 10.4. The number of hydrogen-bond acceptors (Lipinski definition) is 5. The van der Waals surface area contributed by atoms with Crippen molar-refractivity contribution in [2.24, 2.45) is 0 Å². The van der Waals surface area contributed by atoms with E-state index in [0.29, 0.717) is 29.6 Å². The Morgan fingerprint density at radius 1 is 1.09 bits per heavy atom. The van der Waals surface area contributed by atoms with Gasteiger partial charge in [0.25, 0.3) is 0 Å². The van der Waals surface area contributed by atoms with Crippen molar-refractivity contribution in [2.45, 2.75) is 13.1 Å². The summed E-state index contributed by atoms with van der Waals surface area (Å²) >= 11 is 0.705. The van der Waals surface area contributed by atoms with Crippen LogP contribution in [0.3, 0.4) is 0 Å². The molecular weight excluding hydrogens is 313 g/mol. The van der Waals surface area contributed by atoms with E-state index in [0.717, 1.165) is 30.5 Å². The minimum atomic E-state index is -4.31. The fourth-order valence-corrected chi connectivity index (χ4v) is 3.30. The van der Waals surface area contributed by atoms with E-state index in [-0.39, 0.29) is 0 Å². The maximum absolute atomic E-state index is 12.6. The van der Waals surface area contributed by atoms with Gasteiger partial charge in [0.2, 0.25) is 0 Å². The van der Waals surface area contributed by atoms with Gasteiger partial charge in [-0.1, -0.05) is 11.3 Å². The molecule has 0 radical (unpaired) electrons. The molecule has 0 amide bonds. The smallest absolute Gasteiger partial charge is 0.367 e. The van der Waals surface area contributed by atoms with Crippen molar-refractivity contribution in [1.82, 2.24) is 9.97 Å². The van der Waals surface area contributed by atoms with Crippen molar-refractivity contribution >= 4 is 22.2 Å². The molecule has 1 aliphatic rings. The van der Waals surface area contributed by atoms with Gasteiger partial charge in [-0.2, -0.15) is 13.2 Å². The molecule has 8 heteroatoms. The highest BCUT2D eigenvalue weighted by molar-refractivity contribution is 7.15. The van der Waals surface area contributed by atoms with E-state index in [9.17, 15) is 13.2 Å². The molecular formula is C14H15F3N4S. The van der Waals surface area contributed by atoms with E-state index in [1.54, 1.807) is 6.20 Å². The lowest BCUT2D eigenvalue weighted by atomic mass is 10.2. The molecule has 0 N–H and O–H groups in total. The van der Waals surface area contributed by atoms with Crippen molar-refractivity contribution in [3.63, 3.8) is 0 Å². The standard InChI is InChI=1S/C14H15F3N4S/c1-10-2-3-18-8-11(10)20-4-6-21(7-5-20)13-19-9-12(22-13)14(15,16)17/h2-3,8-9H,4-7H2,1H3. The maximum Gasteiger partial charge on any atom is 0.427 e. The molecule has 2 aromatic rings. The Labute approximate surface area is 130 Å². The first kappa shape index (κ1) is 15.1. The number of hydrogen-bond donors (Lipinski definition) is 0. The number of aromatic nitrogens is 2. The molecule has 22 heavy (non-hydrogen) atoms. The zero-order chi connectivity index (χ0) is 15.7. The molecule has 1 aliphatic heterocycles. The molecule has 0 aliphatic carbocycles. The number of aryl methyl sites for hydroxylation is 1. The Morgan fingerprint density at radius 2 is 1.77 bits per heavy atom. The Bertz CT molecular complexity index is 648. The van der Waals surface area contributed by atoms with Crippen LogP contribution in [0.25, 0.3) is 0 Å². The van der Waals surface area contributed by atoms with Crippen LogP contribution in [0.1, 0.15) is 10.4 Å². The summed E-state index contributed by atoms with van der Waals surface area (Å²) in [6, 6.07) is 1.96. The van der Waals surface area contributed by atoms with Gasteiger partial charge in [0.05, 0.1) is 18.1 Å². The van der Waals surface area contributed by atoms with Crippen LogP contribution in [0.5, 0.6) is 0 Å². The predicted octanol–water partition coefficient (Wildman–Crippen LogP) is 3.19. The third-order valence-corrected chi connectivity index (χ3v) is 4.78. The predicted molar refractivity (Wildman–Crippen MR) is 80.5 cm³/mol. The Morgan fingerprint density at radius 3 is 2.36 bits per heavy atom. The van der Waals surface area contributed by atoms with Crippen molar-refractivity contribution in [1.29, 1.82) is 0 Å². The number of anilines is 2. The maximum atomic E-state index is 12.6. The molecule has 2 aromatic heterocycles. The van der Waals surface area contributed by atoms with E-state index in [1.807, 2.05) is 24.1 Å². The van der Waals surface area contributed by atoms with E-state index in [2.05, 4.69) is 14.9 Å². The second-order valence-corrected chi connectivity index (χ2v) is 6.15. The monoisotopic (exact) mass is 328 g/mol.